The van der Waals surface area contributed by atoms with E-state index >= 15 is 0 Å². The van der Waals surface area contributed by atoms with Gasteiger partial charge in [0.25, 0.3) is 5.91 Å². The number of nitrogens with zero attached hydrogens (tertiary/aromatic N) is 2. The van der Waals surface area contributed by atoms with Crippen LogP contribution in [0.4, 0.5) is 5.13 Å². The minimum Gasteiger partial charge on any atom is -0.504 e. The molecule has 0 bridgehead atoms. The lowest BCUT2D eigenvalue weighted by Crippen LogP contribution is -2.20. The van der Waals surface area contributed by atoms with Gasteiger partial charge in [0.15, 0.2) is 18.1 Å². The van der Waals surface area contributed by atoms with E-state index in [9.17, 15) is 9.90 Å². The number of phenols is 1. The molecule has 1 aromatic carbocycles. The second-order valence-electron chi connectivity index (χ2n) is 4.76. The number of aromatic hydroxyl groups is 1. The maximum Gasteiger partial charge on any atom is 0.264 e. The fourth-order valence-corrected chi connectivity index (χ4v) is 2.99. The average Bonchev–Trinajstić information content (AvgIpc) is 2.96. The molecule has 0 aliphatic rings. The zero-order valence-corrected chi connectivity index (χ0v) is 13.4. The lowest BCUT2D eigenvalue weighted by molar-refractivity contribution is -0.118. The second kappa shape index (κ2) is 7.74. The van der Waals surface area contributed by atoms with Crippen LogP contribution >= 0.6 is 11.3 Å². The van der Waals surface area contributed by atoms with E-state index in [4.69, 9.17) is 4.74 Å². The van der Waals surface area contributed by atoms with E-state index < -0.39 is 0 Å². The Bertz CT molecular complexity index is 626. The molecule has 1 amide bonds. The molecule has 1 heterocycles. The first kappa shape index (κ1) is 16.2. The predicted octanol–water partition coefficient (Wildman–Crippen LogP) is 3.16. The fraction of sp³-hybridized carbons (Fsp3) is 0.400. The van der Waals surface area contributed by atoms with Crippen molar-refractivity contribution in [2.75, 3.05) is 11.9 Å². The monoisotopic (exact) mass is 321 g/mol. The molecule has 0 saturated carbocycles. The number of carbonyl (C=O) groups excluding carboxylic acids is 1. The standard InChI is InChI=1S/C15H19N3O3S/c1-3-10(4-2)14-17-18-15(22-14)16-13(20)9-21-12-8-6-5-7-11(12)19/h5-8,10,19H,3-4,9H2,1-2H3,(H,16,18,20). The highest BCUT2D eigenvalue weighted by atomic mass is 32.1. The number of ether oxygens (including phenoxy) is 1. The molecule has 0 spiro atoms. The van der Waals surface area contributed by atoms with Crippen molar-refractivity contribution in [3.8, 4) is 11.5 Å². The van der Waals surface area contributed by atoms with Crippen molar-refractivity contribution >= 4 is 22.4 Å². The van der Waals surface area contributed by atoms with Gasteiger partial charge in [-0.1, -0.05) is 37.3 Å². The topological polar surface area (TPSA) is 84.3 Å². The molecule has 0 unspecified atom stereocenters. The van der Waals surface area contributed by atoms with Crippen LogP contribution < -0.4 is 10.1 Å². The third kappa shape index (κ3) is 4.17. The minimum atomic E-state index is -0.338. The zero-order valence-electron chi connectivity index (χ0n) is 12.6. The summed E-state index contributed by atoms with van der Waals surface area (Å²) in [7, 11) is 0. The molecule has 0 fully saturated rings. The number of aromatic nitrogens is 2. The number of nitrogens with one attached hydrogen (secondary N) is 1. The van der Waals surface area contributed by atoms with Crippen molar-refractivity contribution in [1.82, 2.24) is 10.2 Å². The number of hydrogen-bond donors (Lipinski definition) is 2. The minimum absolute atomic E-state index is 0.00207. The molecule has 7 heteroatoms. The predicted molar refractivity (Wildman–Crippen MR) is 85.5 cm³/mol. The van der Waals surface area contributed by atoms with Gasteiger partial charge in [-0.15, -0.1) is 10.2 Å². The molecule has 2 rings (SSSR count). The molecule has 0 radical (unpaired) electrons. The van der Waals surface area contributed by atoms with Gasteiger partial charge >= 0.3 is 0 Å². The van der Waals surface area contributed by atoms with E-state index in [0.717, 1.165) is 17.8 Å². The van der Waals surface area contributed by atoms with Crippen LogP contribution in [0.3, 0.4) is 0 Å². The van der Waals surface area contributed by atoms with E-state index in [0.29, 0.717) is 11.0 Å². The Hall–Kier alpha value is -2.15. The van der Waals surface area contributed by atoms with Gasteiger partial charge in [0.1, 0.15) is 5.01 Å². The van der Waals surface area contributed by atoms with Crippen molar-refractivity contribution in [1.29, 1.82) is 0 Å². The van der Waals surface area contributed by atoms with Crippen LogP contribution in [-0.4, -0.2) is 27.8 Å². The molecular weight excluding hydrogens is 302 g/mol. The Morgan fingerprint density at radius 3 is 2.73 bits per heavy atom. The number of hydrogen-bond acceptors (Lipinski definition) is 6. The Morgan fingerprint density at radius 2 is 2.05 bits per heavy atom. The number of para-hydroxylation sites is 2. The molecule has 1 aromatic heterocycles. The van der Waals surface area contributed by atoms with E-state index in [1.54, 1.807) is 18.2 Å². The number of benzene rings is 1. The van der Waals surface area contributed by atoms with E-state index in [2.05, 4.69) is 29.4 Å². The van der Waals surface area contributed by atoms with Crippen LogP contribution in [-0.2, 0) is 4.79 Å². The third-order valence-corrected chi connectivity index (χ3v) is 4.25. The van der Waals surface area contributed by atoms with Crippen LogP contribution in [0, 0.1) is 0 Å². The van der Waals surface area contributed by atoms with E-state index in [1.165, 1.54) is 17.4 Å². The number of carbonyl (C=O) groups is 1. The smallest absolute Gasteiger partial charge is 0.264 e. The van der Waals surface area contributed by atoms with E-state index in [1.807, 2.05) is 0 Å². The Labute approximate surface area is 133 Å². The van der Waals surface area contributed by atoms with Crippen molar-refractivity contribution in [2.45, 2.75) is 32.6 Å². The molecule has 2 aromatic rings. The molecule has 2 N–H and O–H groups in total. The van der Waals surface area contributed by atoms with Gasteiger partial charge in [-0.2, -0.15) is 0 Å². The molecule has 0 aliphatic carbocycles. The summed E-state index contributed by atoms with van der Waals surface area (Å²) in [6, 6.07) is 6.50. The first-order valence-corrected chi connectivity index (χ1v) is 7.99. The quantitative estimate of drug-likeness (QED) is 0.818. The van der Waals surface area contributed by atoms with Crippen LogP contribution in [0.25, 0.3) is 0 Å². The Kier molecular flexibility index (Phi) is 5.71. The normalized spacial score (nSPS) is 10.7. The largest absolute Gasteiger partial charge is 0.504 e. The first-order valence-electron chi connectivity index (χ1n) is 7.18. The van der Waals surface area contributed by atoms with Crippen LogP contribution in [0.15, 0.2) is 24.3 Å². The van der Waals surface area contributed by atoms with Crippen LogP contribution in [0.5, 0.6) is 11.5 Å². The van der Waals surface area contributed by atoms with Gasteiger partial charge in [0.2, 0.25) is 5.13 Å². The van der Waals surface area contributed by atoms with Crippen LogP contribution in [0.1, 0.15) is 37.6 Å². The molecule has 0 atom stereocenters. The Balaban J connectivity index is 1.88. The highest BCUT2D eigenvalue weighted by molar-refractivity contribution is 7.15. The average molecular weight is 321 g/mol. The summed E-state index contributed by atoms with van der Waals surface area (Å²) in [5, 5.41) is 21.7. The van der Waals surface area contributed by atoms with Crippen LogP contribution in [0.2, 0.25) is 0 Å². The number of phenolic OH excluding ortho intramolecular Hbond substituents is 1. The zero-order chi connectivity index (χ0) is 15.9. The summed E-state index contributed by atoms with van der Waals surface area (Å²) in [4.78, 5) is 11.8. The lowest BCUT2D eigenvalue weighted by atomic mass is 10.1. The number of anilines is 1. The van der Waals surface area contributed by atoms with E-state index in [-0.39, 0.29) is 24.0 Å². The van der Waals surface area contributed by atoms with Gasteiger partial charge in [0.05, 0.1) is 0 Å². The summed E-state index contributed by atoms with van der Waals surface area (Å²) in [5.74, 6) is 0.311. The fourth-order valence-electron chi connectivity index (χ4n) is 1.97. The van der Waals surface area contributed by atoms with Gasteiger partial charge in [-0.3, -0.25) is 10.1 Å². The third-order valence-electron chi connectivity index (χ3n) is 3.25. The van der Waals surface area contributed by atoms with Crippen molar-refractivity contribution in [3.05, 3.63) is 29.3 Å². The van der Waals surface area contributed by atoms with Gasteiger partial charge in [0, 0.05) is 5.92 Å². The molecule has 22 heavy (non-hydrogen) atoms. The maximum atomic E-state index is 11.8. The SMILES string of the molecule is CCC(CC)c1nnc(NC(=O)COc2ccccc2O)s1. The molecular formula is C15H19N3O3S. The highest BCUT2D eigenvalue weighted by Crippen LogP contribution is 2.28. The molecule has 0 aliphatic heterocycles. The van der Waals surface area contributed by atoms with Gasteiger partial charge in [-0.25, -0.2) is 0 Å². The van der Waals surface area contributed by atoms with Crippen molar-refractivity contribution < 1.29 is 14.6 Å². The first-order chi connectivity index (χ1) is 10.6. The number of amides is 1. The highest BCUT2D eigenvalue weighted by Gasteiger charge is 2.15. The Morgan fingerprint density at radius 1 is 1.32 bits per heavy atom. The number of rotatable bonds is 7. The summed E-state index contributed by atoms with van der Waals surface area (Å²) < 4.78 is 5.26. The summed E-state index contributed by atoms with van der Waals surface area (Å²) in [5.41, 5.74) is 0. The summed E-state index contributed by atoms with van der Waals surface area (Å²) >= 11 is 1.38. The molecule has 0 saturated heterocycles. The lowest BCUT2D eigenvalue weighted by Gasteiger charge is -2.07. The maximum absolute atomic E-state index is 11.8. The van der Waals surface area contributed by atoms with Gasteiger partial charge < -0.3 is 9.84 Å². The van der Waals surface area contributed by atoms with Crippen molar-refractivity contribution in [2.24, 2.45) is 0 Å². The van der Waals surface area contributed by atoms with Gasteiger partial charge in [-0.05, 0) is 25.0 Å². The molecule has 6 nitrogen and oxygen atoms in total. The van der Waals surface area contributed by atoms with Crippen molar-refractivity contribution in [3.63, 3.8) is 0 Å². The summed E-state index contributed by atoms with van der Waals surface area (Å²) in [6.07, 6.45) is 1.99. The second-order valence-corrected chi connectivity index (χ2v) is 5.77. The summed E-state index contributed by atoms with van der Waals surface area (Å²) in [6.45, 7) is 4.01. The molecule has 118 valence electrons.